The molecule has 0 atom stereocenters. The molecule has 0 rings (SSSR count). The first-order valence-corrected chi connectivity index (χ1v) is 2.14. The maximum absolute atomic E-state index is 9.81. The first-order chi connectivity index (χ1) is 3.81. The predicted molar refractivity (Wildman–Crippen MR) is 33.2 cm³/mol. The predicted octanol–water partition coefficient (Wildman–Crippen LogP) is 1.29. The Morgan fingerprint density at radius 3 is 2.62 bits per heavy atom. The van der Waals surface area contributed by atoms with Gasteiger partial charge in [0, 0.05) is 6.58 Å². The molecular weight excluding hydrogens is 100 g/mol. The first kappa shape index (κ1) is 6.80. The van der Waals surface area contributed by atoms with Gasteiger partial charge in [-0.2, -0.15) is 0 Å². The molecule has 1 heteroatoms. The monoisotopic (exact) mass is 107 g/mol. The van der Waals surface area contributed by atoms with Gasteiger partial charge in [-0.3, -0.25) is 4.79 Å². The van der Waals surface area contributed by atoms with Crippen LogP contribution in [-0.2, 0) is 4.79 Å². The smallest absolute Gasteiger partial charge is 0.169 e. The summed E-state index contributed by atoms with van der Waals surface area (Å²) >= 11 is 0. The lowest BCUT2D eigenvalue weighted by molar-refractivity contribution is -0.104. The van der Waals surface area contributed by atoms with Crippen molar-refractivity contribution >= 4 is 6.29 Å². The van der Waals surface area contributed by atoms with Crippen LogP contribution < -0.4 is 0 Å². The van der Waals surface area contributed by atoms with E-state index in [2.05, 4.69) is 19.2 Å². The Hall–Kier alpha value is -1.20. The summed E-state index contributed by atoms with van der Waals surface area (Å²) in [4.78, 5) is 9.81. The minimum Gasteiger partial charge on any atom is -0.296 e. The first-order valence-electron chi connectivity index (χ1n) is 2.14. The van der Waals surface area contributed by atoms with Gasteiger partial charge in [0.1, 0.15) is 0 Å². The van der Waals surface area contributed by atoms with Crippen LogP contribution in [0.25, 0.3) is 0 Å². The molecule has 0 saturated carbocycles. The van der Waals surface area contributed by atoms with E-state index in [0.717, 1.165) is 0 Å². The lowest BCUT2D eigenvalue weighted by Crippen LogP contribution is -1.71. The second-order valence-electron chi connectivity index (χ2n) is 1.23. The summed E-state index contributed by atoms with van der Waals surface area (Å²) in [5, 5.41) is 0. The van der Waals surface area contributed by atoms with Gasteiger partial charge in [-0.25, -0.2) is 0 Å². The standard InChI is InChI=1S/C7H7O/c1-3-4-5-7(2)6-8/h4-6H,1-2H2/q+1. The lowest BCUT2D eigenvalue weighted by Gasteiger charge is -1.66. The summed E-state index contributed by atoms with van der Waals surface area (Å²) in [5.41, 5.74) is 0.432. The van der Waals surface area contributed by atoms with Gasteiger partial charge < -0.3 is 0 Å². The van der Waals surface area contributed by atoms with Crippen LogP contribution in [0.15, 0.2) is 30.9 Å². The van der Waals surface area contributed by atoms with Crippen molar-refractivity contribution in [1.29, 1.82) is 0 Å². The summed E-state index contributed by atoms with van der Waals surface area (Å²) in [6, 6.07) is 0. The molecule has 8 heavy (non-hydrogen) atoms. The molecule has 0 aliphatic rings. The van der Waals surface area contributed by atoms with Gasteiger partial charge in [0.25, 0.3) is 0 Å². The van der Waals surface area contributed by atoms with Crippen molar-refractivity contribution < 1.29 is 4.79 Å². The van der Waals surface area contributed by atoms with E-state index >= 15 is 0 Å². The normalized spacial score (nSPS) is 8.50. The highest BCUT2D eigenvalue weighted by Crippen LogP contribution is 1.84. The lowest BCUT2D eigenvalue weighted by atomic mass is 10.3. The Balaban J connectivity index is 3.69. The van der Waals surface area contributed by atoms with Crippen molar-refractivity contribution in [3.63, 3.8) is 0 Å². The van der Waals surface area contributed by atoms with Crippen LogP contribution in [0.4, 0.5) is 0 Å². The van der Waals surface area contributed by atoms with Crippen molar-refractivity contribution in [2.75, 3.05) is 0 Å². The van der Waals surface area contributed by atoms with Crippen LogP contribution in [0.3, 0.4) is 0 Å². The fourth-order valence-electron chi connectivity index (χ4n) is 0.205. The van der Waals surface area contributed by atoms with Crippen molar-refractivity contribution in [3.05, 3.63) is 37.0 Å². The van der Waals surface area contributed by atoms with Crippen LogP contribution in [0, 0.1) is 6.08 Å². The molecule has 0 aliphatic heterocycles. The molecule has 0 aromatic rings. The third kappa shape index (κ3) is 3.01. The molecule has 0 unspecified atom stereocenters. The minimum absolute atomic E-state index is 0.432. The SMILES string of the molecule is C=[C+]C=CC(=C)C=O. The third-order valence-electron chi connectivity index (χ3n) is 0.567. The van der Waals surface area contributed by atoms with E-state index in [4.69, 9.17) is 0 Å². The average Bonchev–Trinajstić information content (AvgIpc) is 1.83. The molecule has 0 heterocycles. The van der Waals surface area contributed by atoms with Crippen LogP contribution in [0.1, 0.15) is 0 Å². The molecule has 0 spiro atoms. The van der Waals surface area contributed by atoms with E-state index in [-0.39, 0.29) is 0 Å². The van der Waals surface area contributed by atoms with E-state index < -0.39 is 0 Å². The number of carbonyl (C=O) groups excluding carboxylic acids is 1. The zero-order valence-electron chi connectivity index (χ0n) is 4.55. The van der Waals surface area contributed by atoms with Crippen molar-refractivity contribution in [3.8, 4) is 0 Å². The maximum Gasteiger partial charge on any atom is 0.169 e. The molecule has 0 saturated heterocycles. The second-order valence-corrected chi connectivity index (χ2v) is 1.23. The zero-order chi connectivity index (χ0) is 6.41. The van der Waals surface area contributed by atoms with Gasteiger partial charge in [0.2, 0.25) is 0 Å². The quantitative estimate of drug-likeness (QED) is 0.230. The molecule has 1 nitrogen and oxygen atoms in total. The van der Waals surface area contributed by atoms with Crippen molar-refractivity contribution in [1.82, 2.24) is 0 Å². The van der Waals surface area contributed by atoms with E-state index in [1.54, 1.807) is 6.08 Å². The van der Waals surface area contributed by atoms with E-state index in [0.29, 0.717) is 11.9 Å². The Morgan fingerprint density at radius 2 is 2.25 bits per heavy atom. The summed E-state index contributed by atoms with van der Waals surface area (Å²) in [6.45, 7) is 6.69. The highest BCUT2D eigenvalue weighted by Gasteiger charge is 1.85. The van der Waals surface area contributed by atoms with Crippen LogP contribution in [0.2, 0.25) is 0 Å². The van der Waals surface area contributed by atoms with Gasteiger partial charge in [0.15, 0.2) is 12.4 Å². The van der Waals surface area contributed by atoms with Gasteiger partial charge in [-0.05, 0) is 0 Å². The zero-order valence-corrected chi connectivity index (χ0v) is 4.55. The highest BCUT2D eigenvalue weighted by atomic mass is 16.1. The molecular formula is C7H7O+. The Bertz CT molecular complexity index is 131. The van der Waals surface area contributed by atoms with Crippen LogP contribution >= 0.6 is 0 Å². The highest BCUT2D eigenvalue weighted by molar-refractivity contribution is 5.76. The van der Waals surface area contributed by atoms with Gasteiger partial charge in [-0.1, -0.05) is 6.58 Å². The van der Waals surface area contributed by atoms with E-state index in [1.807, 2.05) is 0 Å². The summed E-state index contributed by atoms with van der Waals surface area (Å²) < 4.78 is 0. The molecule has 0 aromatic carbocycles. The van der Waals surface area contributed by atoms with E-state index in [1.165, 1.54) is 6.08 Å². The van der Waals surface area contributed by atoms with Gasteiger partial charge in [0.05, 0.1) is 17.7 Å². The average molecular weight is 107 g/mol. The van der Waals surface area contributed by atoms with E-state index in [9.17, 15) is 4.79 Å². The molecule has 0 N–H and O–H groups in total. The maximum atomic E-state index is 9.81. The van der Waals surface area contributed by atoms with Gasteiger partial charge >= 0.3 is 0 Å². The number of allylic oxidation sites excluding steroid dienone is 4. The van der Waals surface area contributed by atoms with Crippen molar-refractivity contribution in [2.24, 2.45) is 0 Å². The summed E-state index contributed by atoms with van der Waals surface area (Å²) in [7, 11) is 0. The number of hydrogen-bond donors (Lipinski definition) is 0. The summed E-state index contributed by atoms with van der Waals surface area (Å²) in [5.74, 6) is 0. The Labute approximate surface area is 49.0 Å². The Morgan fingerprint density at radius 1 is 1.62 bits per heavy atom. The molecule has 40 valence electrons. The Kier molecular flexibility index (Phi) is 3.38. The topological polar surface area (TPSA) is 17.1 Å². The number of hydrogen-bond acceptors (Lipinski definition) is 1. The molecule has 0 bridgehead atoms. The number of rotatable bonds is 3. The second kappa shape index (κ2) is 3.97. The molecule has 0 radical (unpaired) electrons. The van der Waals surface area contributed by atoms with Gasteiger partial charge in [-0.15, -0.1) is 0 Å². The minimum atomic E-state index is 0.432. The largest absolute Gasteiger partial charge is 0.296 e. The molecule has 0 aromatic heterocycles. The number of aldehydes is 1. The molecule has 0 fully saturated rings. The number of carbonyl (C=O) groups is 1. The fraction of sp³-hybridized carbons (Fsp3) is 0. The molecule has 0 amide bonds. The molecule has 0 aliphatic carbocycles. The van der Waals surface area contributed by atoms with Crippen molar-refractivity contribution in [2.45, 2.75) is 0 Å². The third-order valence-corrected chi connectivity index (χ3v) is 0.567. The van der Waals surface area contributed by atoms with Crippen LogP contribution in [-0.4, -0.2) is 6.29 Å². The fourth-order valence-corrected chi connectivity index (χ4v) is 0.205. The summed E-state index contributed by atoms with van der Waals surface area (Å²) in [6.07, 6.45) is 6.24. The van der Waals surface area contributed by atoms with Crippen LogP contribution in [0.5, 0.6) is 0 Å².